The highest BCUT2D eigenvalue weighted by atomic mass is 32.2. The highest BCUT2D eigenvalue weighted by Gasteiger charge is 2.20. The number of benzene rings is 1. The molecule has 0 radical (unpaired) electrons. The number of halogens is 1. The molecule has 0 saturated carbocycles. The highest BCUT2D eigenvalue weighted by Crippen LogP contribution is 2.36. The molecule has 0 aliphatic carbocycles. The van der Waals surface area contributed by atoms with Gasteiger partial charge in [-0.1, -0.05) is 11.8 Å². The van der Waals surface area contributed by atoms with E-state index >= 15 is 0 Å². The monoisotopic (exact) mass is 416 g/mol. The van der Waals surface area contributed by atoms with Crippen molar-refractivity contribution >= 4 is 17.6 Å². The smallest absolute Gasteiger partial charge is 0.168 e. The van der Waals surface area contributed by atoms with Gasteiger partial charge in [0.25, 0.3) is 0 Å². The summed E-state index contributed by atoms with van der Waals surface area (Å²) in [6, 6.07) is 10.1. The number of methoxy groups -OCH3 is 1. The number of aliphatic hydroxyl groups excluding tert-OH is 1. The van der Waals surface area contributed by atoms with Crippen molar-refractivity contribution in [2.75, 3.05) is 31.9 Å². The van der Waals surface area contributed by atoms with E-state index in [2.05, 4.69) is 14.9 Å². The van der Waals surface area contributed by atoms with Crippen LogP contribution in [-0.4, -0.2) is 52.3 Å². The lowest BCUT2D eigenvalue weighted by molar-refractivity contribution is 0.185. The summed E-state index contributed by atoms with van der Waals surface area (Å²) in [5, 5.41) is 13.4. The number of imidazole rings is 1. The summed E-state index contributed by atoms with van der Waals surface area (Å²) in [6.45, 7) is 3.06. The van der Waals surface area contributed by atoms with Gasteiger partial charge in [0, 0.05) is 37.0 Å². The predicted octanol–water partition coefficient (Wildman–Crippen LogP) is 3.91. The molecule has 0 spiro atoms. The Bertz CT molecular complexity index is 946. The molecule has 0 aliphatic rings. The molecule has 2 aromatic heterocycles. The van der Waals surface area contributed by atoms with E-state index in [0.717, 1.165) is 27.7 Å². The third-order valence-electron chi connectivity index (χ3n) is 4.45. The normalized spacial score (nSPS) is 12.2. The molecular formula is C21H25FN4O2S. The van der Waals surface area contributed by atoms with Crippen molar-refractivity contribution < 1.29 is 14.2 Å². The van der Waals surface area contributed by atoms with Gasteiger partial charge >= 0.3 is 0 Å². The summed E-state index contributed by atoms with van der Waals surface area (Å²) in [6.07, 6.45) is 3.70. The Hall–Kier alpha value is -2.42. The maximum absolute atomic E-state index is 13.5. The van der Waals surface area contributed by atoms with Gasteiger partial charge in [-0.3, -0.25) is 0 Å². The highest BCUT2D eigenvalue weighted by molar-refractivity contribution is 7.98. The van der Waals surface area contributed by atoms with Crippen LogP contribution in [0.4, 0.5) is 10.2 Å². The number of thioether (sulfide) groups is 1. The minimum absolute atomic E-state index is 0.00906. The van der Waals surface area contributed by atoms with Crippen LogP contribution in [0.2, 0.25) is 0 Å². The lowest BCUT2D eigenvalue weighted by Crippen LogP contribution is -2.19. The number of anilines is 1. The summed E-state index contributed by atoms with van der Waals surface area (Å²) in [5.74, 6) is 0.381. The molecule has 0 saturated heterocycles. The zero-order chi connectivity index (χ0) is 20.8. The molecule has 2 heterocycles. The van der Waals surface area contributed by atoms with Crippen molar-refractivity contribution in [3.63, 3.8) is 0 Å². The average molecular weight is 417 g/mol. The number of hydrogen-bond donors (Lipinski definition) is 2. The fraction of sp³-hybridized carbons (Fsp3) is 0.333. The number of aromatic nitrogens is 3. The van der Waals surface area contributed by atoms with Crippen molar-refractivity contribution in [1.29, 1.82) is 0 Å². The number of rotatable bonds is 9. The number of hydrogen-bond acceptors (Lipinski definition) is 6. The quantitative estimate of drug-likeness (QED) is 0.515. The van der Waals surface area contributed by atoms with E-state index in [-0.39, 0.29) is 18.5 Å². The van der Waals surface area contributed by atoms with Crippen LogP contribution < -0.4 is 5.32 Å². The molecule has 1 atom stereocenters. The van der Waals surface area contributed by atoms with Crippen LogP contribution in [0.5, 0.6) is 0 Å². The average Bonchev–Trinajstić information content (AvgIpc) is 3.11. The molecule has 3 rings (SSSR count). The molecule has 0 amide bonds. The number of nitrogens with one attached hydrogen (secondary N) is 1. The molecule has 1 aromatic carbocycles. The van der Waals surface area contributed by atoms with Gasteiger partial charge in [0.15, 0.2) is 5.16 Å². The van der Waals surface area contributed by atoms with Gasteiger partial charge in [-0.2, -0.15) is 0 Å². The molecule has 8 heteroatoms. The summed E-state index contributed by atoms with van der Waals surface area (Å²) in [7, 11) is 1.67. The molecule has 6 nitrogen and oxygen atoms in total. The molecular weight excluding hydrogens is 391 g/mol. The van der Waals surface area contributed by atoms with E-state index in [1.54, 1.807) is 37.2 Å². The molecule has 3 aromatic rings. The van der Waals surface area contributed by atoms with E-state index in [9.17, 15) is 9.50 Å². The van der Waals surface area contributed by atoms with Crippen molar-refractivity contribution in [3.05, 3.63) is 48.4 Å². The van der Waals surface area contributed by atoms with Gasteiger partial charge < -0.3 is 19.7 Å². The van der Waals surface area contributed by atoms with Crippen LogP contribution in [0, 0.1) is 5.82 Å². The SMILES string of the molecule is COCCn1c(SC)nc(-c2ccc(F)cc2)c1-c1ccnc(N[C@H](C)CO)c1. The largest absolute Gasteiger partial charge is 0.394 e. The first-order chi connectivity index (χ1) is 14.1. The fourth-order valence-electron chi connectivity index (χ4n) is 3.03. The lowest BCUT2D eigenvalue weighted by atomic mass is 10.1. The Kier molecular flexibility index (Phi) is 7.24. The Balaban J connectivity index is 2.15. The third-order valence-corrected chi connectivity index (χ3v) is 5.13. The van der Waals surface area contributed by atoms with Crippen LogP contribution in [0.1, 0.15) is 6.92 Å². The summed E-state index contributed by atoms with van der Waals surface area (Å²) >= 11 is 1.55. The molecule has 2 N–H and O–H groups in total. The summed E-state index contributed by atoms with van der Waals surface area (Å²) in [5.41, 5.74) is 3.46. The first-order valence-corrected chi connectivity index (χ1v) is 10.5. The molecule has 29 heavy (non-hydrogen) atoms. The van der Waals surface area contributed by atoms with Crippen LogP contribution >= 0.6 is 11.8 Å². The standard InChI is InChI=1S/C21H25FN4O2S/c1-14(13-27)24-18-12-16(8-9-23-18)20-19(15-4-6-17(22)7-5-15)25-21(29-3)26(20)10-11-28-2/h4-9,12,14,27H,10-11,13H2,1-3H3,(H,23,24)/t14-/m1/s1. The topological polar surface area (TPSA) is 72.2 Å². The summed E-state index contributed by atoms with van der Waals surface area (Å²) in [4.78, 5) is 9.19. The van der Waals surface area contributed by atoms with Gasteiger partial charge in [-0.25, -0.2) is 14.4 Å². The van der Waals surface area contributed by atoms with Crippen LogP contribution in [0.3, 0.4) is 0 Å². The molecule has 154 valence electrons. The Labute approximate surface area is 174 Å². The van der Waals surface area contributed by atoms with Crippen LogP contribution in [-0.2, 0) is 11.3 Å². The van der Waals surface area contributed by atoms with Gasteiger partial charge in [-0.15, -0.1) is 0 Å². The number of nitrogens with zero attached hydrogens (tertiary/aromatic N) is 3. The second kappa shape index (κ2) is 9.87. The second-order valence-electron chi connectivity index (χ2n) is 6.60. The van der Waals surface area contributed by atoms with Crippen molar-refractivity contribution in [2.24, 2.45) is 0 Å². The second-order valence-corrected chi connectivity index (χ2v) is 7.38. The molecule has 0 unspecified atom stereocenters. The zero-order valence-corrected chi connectivity index (χ0v) is 17.5. The first-order valence-electron chi connectivity index (χ1n) is 9.30. The van der Waals surface area contributed by atoms with E-state index < -0.39 is 0 Å². The number of pyridine rings is 1. The van der Waals surface area contributed by atoms with Gasteiger partial charge in [0.2, 0.25) is 0 Å². The van der Waals surface area contributed by atoms with Gasteiger partial charge in [-0.05, 0) is 49.6 Å². The van der Waals surface area contributed by atoms with Crippen LogP contribution in [0.25, 0.3) is 22.5 Å². The van der Waals surface area contributed by atoms with E-state index in [1.165, 1.54) is 12.1 Å². The summed E-state index contributed by atoms with van der Waals surface area (Å²) < 4.78 is 20.9. The molecule has 0 aliphatic heterocycles. The first kappa shape index (κ1) is 21.3. The van der Waals surface area contributed by atoms with Gasteiger partial charge in [0.1, 0.15) is 11.6 Å². The lowest BCUT2D eigenvalue weighted by Gasteiger charge is -2.15. The zero-order valence-electron chi connectivity index (χ0n) is 16.7. The van der Waals surface area contributed by atoms with Crippen molar-refractivity contribution in [3.8, 4) is 22.5 Å². The maximum Gasteiger partial charge on any atom is 0.168 e. The minimum Gasteiger partial charge on any atom is -0.394 e. The fourth-order valence-corrected chi connectivity index (χ4v) is 3.62. The van der Waals surface area contributed by atoms with E-state index in [4.69, 9.17) is 9.72 Å². The maximum atomic E-state index is 13.5. The van der Waals surface area contributed by atoms with Crippen LogP contribution in [0.15, 0.2) is 47.8 Å². The predicted molar refractivity (Wildman–Crippen MR) is 115 cm³/mol. The Morgan fingerprint density at radius 2 is 2.00 bits per heavy atom. The molecule has 0 fully saturated rings. The van der Waals surface area contributed by atoms with Crippen molar-refractivity contribution in [1.82, 2.24) is 14.5 Å². The van der Waals surface area contributed by atoms with Crippen molar-refractivity contribution in [2.45, 2.75) is 24.7 Å². The third kappa shape index (κ3) is 4.95. The Morgan fingerprint density at radius 1 is 1.24 bits per heavy atom. The van der Waals surface area contributed by atoms with Gasteiger partial charge in [0.05, 0.1) is 24.6 Å². The number of aliphatic hydroxyl groups is 1. The molecule has 0 bridgehead atoms. The van der Waals surface area contributed by atoms with E-state index in [0.29, 0.717) is 19.0 Å². The number of ether oxygens (including phenoxy) is 1. The Morgan fingerprint density at radius 3 is 2.66 bits per heavy atom. The van der Waals surface area contributed by atoms with E-state index in [1.807, 2.05) is 25.3 Å². The minimum atomic E-state index is -0.285.